The summed E-state index contributed by atoms with van der Waals surface area (Å²) in [6.45, 7) is 5.23. The molecule has 0 bridgehead atoms. The highest BCUT2D eigenvalue weighted by Gasteiger charge is 2.40. The molecule has 122 valence electrons. The fourth-order valence-electron chi connectivity index (χ4n) is 3.04. The molecule has 2 aromatic rings. The second-order valence-corrected chi connectivity index (χ2v) is 9.26. The van der Waals surface area contributed by atoms with Crippen LogP contribution in [-0.4, -0.2) is 28.6 Å². The number of Topliss-reactive ketones (excluding diaryl/α,β-unsaturated/α-hetero) is 1. The molecule has 0 saturated heterocycles. The van der Waals surface area contributed by atoms with E-state index in [9.17, 15) is 4.79 Å². The number of rotatable bonds is 7. The first-order valence-corrected chi connectivity index (χ1v) is 9.89. The van der Waals surface area contributed by atoms with Crippen molar-refractivity contribution in [2.45, 2.75) is 51.5 Å². The number of hydrogen-bond acceptors (Lipinski definition) is 6. The SMILES string of the molecule is Cc1nnc(CC(=O)c2cc([C@H]3C[C@@H]3NCC3CC3)c(C)s2)s1. The molecule has 2 aromatic heterocycles. The van der Waals surface area contributed by atoms with Crippen molar-refractivity contribution in [2.75, 3.05) is 6.54 Å². The second-order valence-electron chi connectivity index (χ2n) is 6.74. The van der Waals surface area contributed by atoms with Gasteiger partial charge < -0.3 is 5.32 Å². The van der Waals surface area contributed by atoms with Gasteiger partial charge in [0, 0.05) is 16.8 Å². The van der Waals surface area contributed by atoms with E-state index >= 15 is 0 Å². The van der Waals surface area contributed by atoms with Crippen molar-refractivity contribution in [3.05, 3.63) is 31.4 Å². The molecule has 2 atom stereocenters. The molecule has 0 unspecified atom stereocenters. The van der Waals surface area contributed by atoms with Crippen LogP contribution in [0.4, 0.5) is 0 Å². The lowest BCUT2D eigenvalue weighted by Crippen LogP contribution is -2.20. The zero-order valence-electron chi connectivity index (χ0n) is 13.5. The Morgan fingerprint density at radius 3 is 2.83 bits per heavy atom. The summed E-state index contributed by atoms with van der Waals surface area (Å²) in [5, 5.41) is 13.5. The number of aryl methyl sites for hydroxylation is 2. The van der Waals surface area contributed by atoms with Crippen molar-refractivity contribution in [2.24, 2.45) is 5.92 Å². The minimum Gasteiger partial charge on any atom is -0.313 e. The summed E-state index contributed by atoms with van der Waals surface area (Å²) >= 11 is 3.14. The quantitative estimate of drug-likeness (QED) is 0.779. The van der Waals surface area contributed by atoms with Crippen molar-refractivity contribution in [3.8, 4) is 0 Å². The average Bonchev–Trinajstić information content (AvgIpc) is 3.41. The van der Waals surface area contributed by atoms with E-state index in [1.807, 2.05) is 6.92 Å². The van der Waals surface area contributed by atoms with Crippen molar-refractivity contribution >= 4 is 28.5 Å². The Labute approximate surface area is 144 Å². The molecule has 2 saturated carbocycles. The standard InChI is InChI=1S/C17H21N3OS2/c1-9-12(13-5-14(13)18-8-11-3-4-11)6-16(22-9)15(21)7-17-20-19-10(2)23-17/h6,11,13-14,18H,3-5,7-8H2,1-2H3/t13-,14+/m1/s1. The number of hydrogen-bond donors (Lipinski definition) is 1. The molecule has 4 rings (SSSR count). The van der Waals surface area contributed by atoms with Gasteiger partial charge in [-0.05, 0) is 57.2 Å². The Kier molecular flexibility index (Phi) is 4.07. The molecule has 1 N–H and O–H groups in total. The summed E-state index contributed by atoms with van der Waals surface area (Å²) in [5.41, 5.74) is 1.38. The Morgan fingerprint density at radius 2 is 2.13 bits per heavy atom. The van der Waals surface area contributed by atoms with Crippen LogP contribution in [0.2, 0.25) is 0 Å². The van der Waals surface area contributed by atoms with E-state index in [0.717, 1.165) is 20.8 Å². The maximum atomic E-state index is 12.5. The lowest BCUT2D eigenvalue weighted by atomic mass is 10.1. The van der Waals surface area contributed by atoms with Crippen LogP contribution in [0.3, 0.4) is 0 Å². The first kappa shape index (κ1) is 15.4. The van der Waals surface area contributed by atoms with Crippen molar-refractivity contribution in [1.82, 2.24) is 15.5 Å². The number of nitrogens with one attached hydrogen (secondary N) is 1. The molecule has 2 aliphatic rings. The third-order valence-corrected chi connectivity index (χ3v) is 6.61. The van der Waals surface area contributed by atoms with Gasteiger partial charge in [-0.1, -0.05) is 0 Å². The Hall–Kier alpha value is -1.11. The zero-order valence-corrected chi connectivity index (χ0v) is 15.1. The number of thiophene rings is 1. The van der Waals surface area contributed by atoms with E-state index in [2.05, 4.69) is 28.5 Å². The van der Waals surface area contributed by atoms with Crippen LogP contribution in [0.1, 0.15) is 55.3 Å². The van der Waals surface area contributed by atoms with Crippen LogP contribution in [0, 0.1) is 19.8 Å². The predicted octanol–water partition coefficient (Wildman–Crippen LogP) is 3.50. The fraction of sp³-hybridized carbons (Fsp3) is 0.588. The normalized spacial score (nSPS) is 23.2. The Balaban J connectivity index is 1.39. The van der Waals surface area contributed by atoms with E-state index in [-0.39, 0.29) is 5.78 Å². The maximum absolute atomic E-state index is 12.5. The molecule has 0 aromatic carbocycles. The van der Waals surface area contributed by atoms with Crippen LogP contribution in [0.5, 0.6) is 0 Å². The van der Waals surface area contributed by atoms with Gasteiger partial charge in [0.1, 0.15) is 10.0 Å². The molecule has 4 nitrogen and oxygen atoms in total. The molecular weight excluding hydrogens is 326 g/mol. The predicted molar refractivity (Wildman–Crippen MR) is 93.6 cm³/mol. The van der Waals surface area contributed by atoms with E-state index in [1.54, 1.807) is 11.3 Å². The van der Waals surface area contributed by atoms with Gasteiger partial charge >= 0.3 is 0 Å². The van der Waals surface area contributed by atoms with Crippen molar-refractivity contribution in [1.29, 1.82) is 0 Å². The van der Waals surface area contributed by atoms with E-state index in [0.29, 0.717) is 18.4 Å². The second kappa shape index (κ2) is 6.07. The van der Waals surface area contributed by atoms with Gasteiger partial charge in [-0.25, -0.2) is 0 Å². The van der Waals surface area contributed by atoms with Gasteiger partial charge in [0.05, 0.1) is 11.3 Å². The van der Waals surface area contributed by atoms with Gasteiger partial charge in [-0.15, -0.1) is 32.9 Å². The summed E-state index contributed by atoms with van der Waals surface area (Å²) in [6, 6.07) is 2.75. The molecule has 2 aliphatic carbocycles. The minimum absolute atomic E-state index is 0.170. The fourth-order valence-corrected chi connectivity index (χ4v) is 4.78. The number of nitrogens with zero attached hydrogens (tertiary/aromatic N) is 2. The Morgan fingerprint density at radius 1 is 1.30 bits per heavy atom. The van der Waals surface area contributed by atoms with Crippen LogP contribution >= 0.6 is 22.7 Å². The highest BCUT2D eigenvalue weighted by Crippen LogP contribution is 2.45. The highest BCUT2D eigenvalue weighted by atomic mass is 32.1. The largest absolute Gasteiger partial charge is 0.313 e. The van der Waals surface area contributed by atoms with Crippen molar-refractivity contribution in [3.63, 3.8) is 0 Å². The summed E-state index contributed by atoms with van der Waals surface area (Å²) in [6.07, 6.45) is 4.38. The van der Waals surface area contributed by atoms with Crippen LogP contribution < -0.4 is 5.32 Å². The Bertz CT molecular complexity index is 732. The van der Waals surface area contributed by atoms with Gasteiger partial charge in [0.15, 0.2) is 5.78 Å². The monoisotopic (exact) mass is 347 g/mol. The molecule has 23 heavy (non-hydrogen) atoms. The third-order valence-electron chi connectivity index (χ3n) is 4.67. The van der Waals surface area contributed by atoms with Crippen LogP contribution in [-0.2, 0) is 6.42 Å². The maximum Gasteiger partial charge on any atom is 0.179 e. The molecule has 6 heteroatoms. The van der Waals surface area contributed by atoms with Crippen LogP contribution in [0.25, 0.3) is 0 Å². The average molecular weight is 348 g/mol. The minimum atomic E-state index is 0.170. The summed E-state index contributed by atoms with van der Waals surface area (Å²) in [4.78, 5) is 14.6. The highest BCUT2D eigenvalue weighted by molar-refractivity contribution is 7.14. The smallest absolute Gasteiger partial charge is 0.179 e. The number of aromatic nitrogens is 2. The first-order valence-electron chi connectivity index (χ1n) is 8.26. The molecule has 0 amide bonds. The summed E-state index contributed by atoms with van der Waals surface area (Å²) < 4.78 is 0. The van der Waals surface area contributed by atoms with Gasteiger partial charge in [-0.3, -0.25) is 4.79 Å². The molecule has 2 heterocycles. The number of ketones is 1. The molecule has 0 radical (unpaired) electrons. The van der Waals surface area contributed by atoms with Gasteiger partial charge in [-0.2, -0.15) is 0 Å². The lowest BCUT2D eigenvalue weighted by Gasteiger charge is -2.02. The van der Waals surface area contributed by atoms with Gasteiger partial charge in [0.25, 0.3) is 0 Å². The molecule has 0 spiro atoms. The topological polar surface area (TPSA) is 54.9 Å². The first-order chi connectivity index (χ1) is 11.1. The van der Waals surface area contributed by atoms with Crippen molar-refractivity contribution < 1.29 is 4.79 Å². The summed E-state index contributed by atoms with van der Waals surface area (Å²) in [5.74, 6) is 1.70. The number of carbonyl (C=O) groups excluding carboxylic acids is 1. The van der Waals surface area contributed by atoms with E-state index in [4.69, 9.17) is 0 Å². The summed E-state index contributed by atoms with van der Waals surface area (Å²) in [7, 11) is 0. The number of carbonyl (C=O) groups is 1. The van der Waals surface area contributed by atoms with E-state index < -0.39 is 0 Å². The third kappa shape index (κ3) is 3.54. The molecule has 2 fully saturated rings. The lowest BCUT2D eigenvalue weighted by molar-refractivity contribution is 0.0996. The van der Waals surface area contributed by atoms with Crippen LogP contribution in [0.15, 0.2) is 6.07 Å². The van der Waals surface area contributed by atoms with E-state index in [1.165, 1.54) is 47.6 Å². The molecule has 0 aliphatic heterocycles. The van der Waals surface area contributed by atoms with Gasteiger partial charge in [0.2, 0.25) is 0 Å². The molecular formula is C17H21N3OS2. The zero-order chi connectivity index (χ0) is 16.0.